The average Bonchev–Trinajstić information content (AvgIpc) is 2.69. The first-order valence-corrected chi connectivity index (χ1v) is 5.56. The van der Waals surface area contributed by atoms with Crippen LogP contribution in [0.3, 0.4) is 0 Å². The van der Waals surface area contributed by atoms with E-state index in [-0.39, 0.29) is 18.3 Å². The van der Waals surface area contributed by atoms with Crippen LogP contribution in [0.25, 0.3) is 0 Å². The standard InChI is InChI=1S/C12H14N2O3/c1-12(6-5-11(16)17-12)9(15)8-14-10-4-2-3-7-13-10/h2-4,7H,5-6,8H2,1H3,(H,13,14)/p+1/t12-/m1/s1. The number of carbonyl (C=O) groups is 2. The normalized spacial score (nSPS) is 23.2. The van der Waals surface area contributed by atoms with Gasteiger partial charge in [-0.2, -0.15) is 0 Å². The molecule has 2 N–H and O–H groups in total. The smallest absolute Gasteiger partial charge is 0.306 e. The molecule has 0 radical (unpaired) electrons. The Morgan fingerprint density at radius 3 is 3.00 bits per heavy atom. The van der Waals surface area contributed by atoms with Crippen molar-refractivity contribution in [3.8, 4) is 0 Å². The first-order chi connectivity index (χ1) is 8.10. The molecule has 1 aliphatic rings. The van der Waals surface area contributed by atoms with E-state index in [9.17, 15) is 9.59 Å². The number of esters is 1. The number of anilines is 1. The number of hydrogen-bond acceptors (Lipinski definition) is 4. The topological polar surface area (TPSA) is 69.5 Å². The van der Waals surface area contributed by atoms with Crippen molar-refractivity contribution in [1.29, 1.82) is 0 Å². The van der Waals surface area contributed by atoms with Crippen LogP contribution >= 0.6 is 0 Å². The molecule has 0 amide bonds. The number of H-pyrrole nitrogens is 1. The molecular formula is C12H15N2O3+. The first kappa shape index (κ1) is 11.6. The van der Waals surface area contributed by atoms with E-state index < -0.39 is 5.60 Å². The molecule has 5 nitrogen and oxygen atoms in total. The fourth-order valence-electron chi connectivity index (χ4n) is 1.76. The lowest BCUT2D eigenvalue weighted by Crippen LogP contribution is -2.39. The molecular weight excluding hydrogens is 220 g/mol. The van der Waals surface area contributed by atoms with Crippen LogP contribution in [0.4, 0.5) is 5.82 Å². The second-order valence-electron chi connectivity index (χ2n) is 4.26. The van der Waals surface area contributed by atoms with Crippen LogP contribution in [0.15, 0.2) is 24.4 Å². The summed E-state index contributed by atoms with van der Waals surface area (Å²) in [5.74, 6) is 0.349. The van der Waals surface area contributed by atoms with Crippen molar-refractivity contribution in [2.45, 2.75) is 25.4 Å². The molecule has 0 bridgehead atoms. The van der Waals surface area contributed by atoms with Gasteiger partial charge in [-0.1, -0.05) is 6.07 Å². The van der Waals surface area contributed by atoms with Gasteiger partial charge in [-0.15, -0.1) is 0 Å². The highest BCUT2D eigenvalue weighted by atomic mass is 16.6. The van der Waals surface area contributed by atoms with E-state index in [2.05, 4.69) is 10.3 Å². The van der Waals surface area contributed by atoms with Crippen molar-refractivity contribution in [2.24, 2.45) is 0 Å². The lowest BCUT2D eigenvalue weighted by Gasteiger charge is -2.19. The zero-order chi connectivity index (χ0) is 12.3. The van der Waals surface area contributed by atoms with Crippen LogP contribution in [0, 0.1) is 0 Å². The number of ketones is 1. The minimum Gasteiger partial charge on any atom is -0.451 e. The van der Waals surface area contributed by atoms with E-state index in [1.165, 1.54) is 0 Å². The summed E-state index contributed by atoms with van der Waals surface area (Å²) in [6.45, 7) is 1.81. The zero-order valence-corrected chi connectivity index (χ0v) is 9.66. The summed E-state index contributed by atoms with van der Waals surface area (Å²) in [4.78, 5) is 25.9. The van der Waals surface area contributed by atoms with Crippen molar-refractivity contribution >= 4 is 17.6 Å². The molecule has 0 spiro atoms. The van der Waals surface area contributed by atoms with Gasteiger partial charge < -0.3 is 4.74 Å². The molecule has 1 aromatic heterocycles. The van der Waals surface area contributed by atoms with Crippen LogP contribution in [-0.2, 0) is 14.3 Å². The summed E-state index contributed by atoms with van der Waals surface area (Å²) < 4.78 is 5.06. The zero-order valence-electron chi connectivity index (χ0n) is 9.66. The highest BCUT2D eigenvalue weighted by molar-refractivity contribution is 5.94. The first-order valence-electron chi connectivity index (χ1n) is 5.56. The Morgan fingerprint density at radius 1 is 1.59 bits per heavy atom. The SMILES string of the molecule is C[C@]1(C(=O)CNc2cccc[nH+]2)CCC(=O)O1. The molecule has 90 valence electrons. The summed E-state index contributed by atoms with van der Waals surface area (Å²) in [7, 11) is 0. The largest absolute Gasteiger partial charge is 0.451 e. The number of aromatic nitrogens is 1. The maximum atomic E-state index is 11.9. The fraction of sp³-hybridized carbons (Fsp3) is 0.417. The molecule has 2 rings (SSSR count). The van der Waals surface area contributed by atoms with Crippen molar-refractivity contribution in [2.75, 3.05) is 11.9 Å². The van der Waals surface area contributed by atoms with Gasteiger partial charge in [-0.3, -0.25) is 14.9 Å². The third-order valence-electron chi connectivity index (χ3n) is 2.88. The lowest BCUT2D eigenvalue weighted by molar-refractivity contribution is -0.361. The summed E-state index contributed by atoms with van der Waals surface area (Å²) >= 11 is 0. The Kier molecular flexibility index (Phi) is 3.08. The van der Waals surface area contributed by atoms with E-state index in [1.807, 2.05) is 18.2 Å². The Labute approximate surface area is 99.2 Å². The maximum absolute atomic E-state index is 11.9. The van der Waals surface area contributed by atoms with Crippen LogP contribution < -0.4 is 10.3 Å². The number of carbonyl (C=O) groups excluding carboxylic acids is 2. The number of hydrogen-bond donors (Lipinski definition) is 1. The van der Waals surface area contributed by atoms with Gasteiger partial charge in [0.1, 0.15) is 6.54 Å². The number of cyclic esters (lactones) is 1. The highest BCUT2D eigenvalue weighted by Gasteiger charge is 2.42. The van der Waals surface area contributed by atoms with Gasteiger partial charge >= 0.3 is 5.97 Å². The molecule has 1 aromatic rings. The Balaban J connectivity index is 1.92. The molecule has 17 heavy (non-hydrogen) atoms. The van der Waals surface area contributed by atoms with Crippen LogP contribution in [-0.4, -0.2) is 23.9 Å². The summed E-state index contributed by atoms with van der Waals surface area (Å²) in [5, 5.41) is 2.96. The van der Waals surface area contributed by atoms with Crippen molar-refractivity contribution in [3.63, 3.8) is 0 Å². The second kappa shape index (κ2) is 4.53. The molecule has 2 heterocycles. The van der Waals surface area contributed by atoms with Gasteiger partial charge in [0.25, 0.3) is 5.82 Å². The average molecular weight is 235 g/mol. The van der Waals surface area contributed by atoms with Crippen LogP contribution in [0.5, 0.6) is 0 Å². The summed E-state index contributed by atoms with van der Waals surface area (Å²) in [6.07, 6.45) is 2.55. The van der Waals surface area contributed by atoms with Gasteiger partial charge in [0.05, 0.1) is 6.20 Å². The monoisotopic (exact) mass is 235 g/mol. The summed E-state index contributed by atoms with van der Waals surface area (Å²) in [6, 6.07) is 5.55. The van der Waals surface area contributed by atoms with Gasteiger partial charge in [-0.25, -0.2) is 4.98 Å². The quantitative estimate of drug-likeness (QED) is 0.775. The minimum atomic E-state index is -0.959. The molecule has 0 unspecified atom stereocenters. The van der Waals surface area contributed by atoms with E-state index in [0.29, 0.717) is 12.8 Å². The number of pyridine rings is 1. The van der Waals surface area contributed by atoms with Gasteiger partial charge in [0, 0.05) is 18.9 Å². The van der Waals surface area contributed by atoms with Gasteiger partial charge in [-0.05, 0) is 13.0 Å². The summed E-state index contributed by atoms with van der Waals surface area (Å²) in [5.41, 5.74) is -0.959. The Bertz CT molecular complexity index is 433. The number of ether oxygens (including phenoxy) is 1. The third kappa shape index (κ3) is 2.61. The van der Waals surface area contributed by atoms with Crippen molar-refractivity contribution in [1.82, 2.24) is 0 Å². The minimum absolute atomic E-state index is 0.111. The Morgan fingerprint density at radius 2 is 2.41 bits per heavy atom. The lowest BCUT2D eigenvalue weighted by atomic mass is 9.97. The van der Waals surface area contributed by atoms with Crippen molar-refractivity contribution < 1.29 is 19.3 Å². The highest BCUT2D eigenvalue weighted by Crippen LogP contribution is 2.26. The molecule has 1 saturated heterocycles. The van der Waals surface area contributed by atoms with E-state index in [0.717, 1.165) is 5.82 Å². The number of rotatable bonds is 4. The molecule has 1 aliphatic heterocycles. The second-order valence-corrected chi connectivity index (χ2v) is 4.26. The van der Waals surface area contributed by atoms with E-state index in [1.54, 1.807) is 13.1 Å². The van der Waals surface area contributed by atoms with E-state index in [4.69, 9.17) is 4.74 Å². The molecule has 0 aliphatic carbocycles. The fourth-order valence-corrected chi connectivity index (χ4v) is 1.76. The molecule has 1 fully saturated rings. The van der Waals surface area contributed by atoms with Crippen LogP contribution in [0.1, 0.15) is 19.8 Å². The number of nitrogens with one attached hydrogen (secondary N) is 2. The third-order valence-corrected chi connectivity index (χ3v) is 2.88. The molecule has 0 aromatic carbocycles. The Hall–Kier alpha value is -1.91. The van der Waals surface area contributed by atoms with E-state index >= 15 is 0 Å². The molecule has 0 saturated carbocycles. The predicted octanol–water partition coefficient (Wildman–Crippen LogP) is 0.577. The predicted molar refractivity (Wildman–Crippen MR) is 60.2 cm³/mol. The molecule has 5 heteroatoms. The van der Waals surface area contributed by atoms with Crippen LogP contribution in [0.2, 0.25) is 0 Å². The number of aromatic amines is 1. The van der Waals surface area contributed by atoms with Gasteiger partial charge in [0.15, 0.2) is 5.60 Å². The maximum Gasteiger partial charge on any atom is 0.306 e. The van der Waals surface area contributed by atoms with Crippen molar-refractivity contribution in [3.05, 3.63) is 24.4 Å². The molecule has 1 atom stereocenters. The number of Topliss-reactive ketones (excluding diaryl/α,β-unsaturated/α-hetero) is 1. The van der Waals surface area contributed by atoms with Gasteiger partial charge in [0.2, 0.25) is 5.78 Å².